The van der Waals surface area contributed by atoms with E-state index >= 15 is 0 Å². The number of fused-ring (bicyclic) bond motifs is 1. The number of nitro groups is 1. The summed E-state index contributed by atoms with van der Waals surface area (Å²) in [5, 5.41) is 10.5. The van der Waals surface area contributed by atoms with Crippen molar-refractivity contribution in [3.8, 4) is 0 Å². The Morgan fingerprint density at radius 2 is 2.38 bits per heavy atom. The molecule has 6 heteroatoms. The van der Waals surface area contributed by atoms with Crippen LogP contribution in [-0.4, -0.2) is 28.0 Å². The number of hydrogen-bond donors (Lipinski definition) is 0. The standard InChI is InChI=1S/C7H5N3O3/c11-5-4-6-8-2-1-3-9(6)7(5)10(12)13/h1-4,7H. The molecule has 0 radical (unpaired) electrons. The molecule has 0 saturated carbocycles. The van der Waals surface area contributed by atoms with Crippen LogP contribution in [0.5, 0.6) is 0 Å². The predicted octanol–water partition coefficient (Wildman–Crippen LogP) is -0.0866. The van der Waals surface area contributed by atoms with Crippen molar-refractivity contribution in [3.63, 3.8) is 0 Å². The molecule has 2 aliphatic rings. The van der Waals surface area contributed by atoms with Gasteiger partial charge in [-0.05, 0) is 6.08 Å². The largest absolute Gasteiger partial charge is 0.354 e. The highest BCUT2D eigenvalue weighted by Crippen LogP contribution is 2.22. The van der Waals surface area contributed by atoms with Gasteiger partial charge in [0.15, 0.2) is 0 Å². The van der Waals surface area contributed by atoms with Crippen LogP contribution in [-0.2, 0) is 4.79 Å². The van der Waals surface area contributed by atoms with Crippen LogP contribution in [0.4, 0.5) is 0 Å². The van der Waals surface area contributed by atoms with Crippen molar-refractivity contribution in [2.75, 3.05) is 0 Å². The van der Waals surface area contributed by atoms with Crippen LogP contribution in [0.1, 0.15) is 0 Å². The lowest BCUT2D eigenvalue weighted by atomic mass is 10.3. The van der Waals surface area contributed by atoms with Gasteiger partial charge in [0.25, 0.3) is 5.78 Å². The van der Waals surface area contributed by atoms with Crippen LogP contribution >= 0.6 is 0 Å². The summed E-state index contributed by atoms with van der Waals surface area (Å²) in [4.78, 5) is 26.0. The first kappa shape index (κ1) is 7.66. The van der Waals surface area contributed by atoms with Gasteiger partial charge in [-0.25, -0.2) is 4.99 Å². The molecule has 0 aromatic heterocycles. The quantitative estimate of drug-likeness (QED) is 0.416. The number of aliphatic imine (C=N–C) groups is 1. The minimum atomic E-state index is -1.33. The second-order valence-corrected chi connectivity index (χ2v) is 2.59. The number of hydrogen-bond acceptors (Lipinski definition) is 5. The number of ketones is 1. The third-order valence-electron chi connectivity index (χ3n) is 1.79. The van der Waals surface area contributed by atoms with Gasteiger partial charge in [-0.2, -0.15) is 0 Å². The molecule has 1 unspecified atom stereocenters. The highest BCUT2D eigenvalue weighted by molar-refractivity contribution is 5.97. The Kier molecular flexibility index (Phi) is 1.48. The van der Waals surface area contributed by atoms with Crippen molar-refractivity contribution < 1.29 is 9.72 Å². The van der Waals surface area contributed by atoms with Crippen LogP contribution in [0.2, 0.25) is 0 Å². The van der Waals surface area contributed by atoms with Crippen molar-refractivity contribution in [2.45, 2.75) is 6.17 Å². The lowest BCUT2D eigenvalue weighted by Gasteiger charge is -2.17. The fraction of sp³-hybridized carbons (Fsp3) is 0.143. The maximum absolute atomic E-state index is 11.1. The summed E-state index contributed by atoms with van der Waals surface area (Å²) in [5.74, 6) is -0.210. The monoisotopic (exact) mass is 179 g/mol. The highest BCUT2D eigenvalue weighted by atomic mass is 16.6. The van der Waals surface area contributed by atoms with Gasteiger partial charge in [-0.15, -0.1) is 0 Å². The van der Waals surface area contributed by atoms with E-state index in [1.165, 1.54) is 23.4 Å². The van der Waals surface area contributed by atoms with Crippen molar-refractivity contribution in [1.29, 1.82) is 0 Å². The number of rotatable bonds is 1. The van der Waals surface area contributed by atoms with E-state index in [1.807, 2.05) is 0 Å². The molecule has 0 bridgehead atoms. The van der Waals surface area contributed by atoms with Crippen molar-refractivity contribution in [1.82, 2.24) is 4.90 Å². The Morgan fingerprint density at radius 3 is 3.08 bits per heavy atom. The molecule has 1 atom stereocenters. The minimum Gasteiger partial charge on any atom is -0.285 e. The molecule has 0 amide bonds. The molecule has 0 aliphatic carbocycles. The third kappa shape index (κ3) is 1.03. The zero-order valence-electron chi connectivity index (χ0n) is 6.45. The highest BCUT2D eigenvalue weighted by Gasteiger charge is 2.41. The normalized spacial score (nSPS) is 24.6. The van der Waals surface area contributed by atoms with Gasteiger partial charge in [0.05, 0.1) is 4.92 Å². The Labute approximate surface area is 73.0 Å². The van der Waals surface area contributed by atoms with Gasteiger partial charge in [0, 0.05) is 18.5 Å². The molecule has 0 saturated heterocycles. The summed E-state index contributed by atoms with van der Waals surface area (Å²) < 4.78 is 0. The summed E-state index contributed by atoms with van der Waals surface area (Å²) in [6.45, 7) is 0. The molecule has 0 spiro atoms. The van der Waals surface area contributed by atoms with Crippen molar-refractivity contribution in [2.24, 2.45) is 4.99 Å². The van der Waals surface area contributed by atoms with Gasteiger partial charge >= 0.3 is 6.17 Å². The first-order chi connectivity index (χ1) is 6.20. The number of nitrogens with zero attached hydrogens (tertiary/aromatic N) is 3. The van der Waals surface area contributed by atoms with E-state index in [9.17, 15) is 14.9 Å². The van der Waals surface area contributed by atoms with Crippen LogP contribution in [0, 0.1) is 10.1 Å². The number of carbonyl (C=O) groups is 1. The molecule has 0 fully saturated rings. The van der Waals surface area contributed by atoms with Crippen LogP contribution < -0.4 is 0 Å². The van der Waals surface area contributed by atoms with E-state index in [1.54, 1.807) is 6.08 Å². The van der Waals surface area contributed by atoms with Gasteiger partial charge < -0.3 is 0 Å². The maximum atomic E-state index is 11.1. The molecule has 6 nitrogen and oxygen atoms in total. The Bertz CT molecular complexity index is 369. The zero-order valence-corrected chi connectivity index (χ0v) is 6.45. The summed E-state index contributed by atoms with van der Waals surface area (Å²) in [6, 6.07) is 0. The first-order valence-corrected chi connectivity index (χ1v) is 3.58. The Balaban J connectivity index is 2.38. The lowest BCUT2D eigenvalue weighted by molar-refractivity contribution is -0.526. The first-order valence-electron chi connectivity index (χ1n) is 3.58. The van der Waals surface area contributed by atoms with Crippen LogP contribution in [0.25, 0.3) is 0 Å². The summed E-state index contributed by atoms with van der Waals surface area (Å²) in [7, 11) is 0. The van der Waals surface area contributed by atoms with E-state index in [0.717, 1.165) is 0 Å². The van der Waals surface area contributed by atoms with E-state index in [2.05, 4.69) is 4.99 Å². The average Bonchev–Trinajstić information content (AvgIpc) is 2.39. The van der Waals surface area contributed by atoms with E-state index in [-0.39, 0.29) is 0 Å². The molecular formula is C7H5N3O3. The van der Waals surface area contributed by atoms with E-state index in [0.29, 0.717) is 5.82 Å². The number of allylic oxidation sites excluding steroid dienone is 1. The SMILES string of the molecule is O=C1C=C2N=CC=CN2C1[N+](=O)[O-]. The van der Waals surface area contributed by atoms with Crippen molar-refractivity contribution >= 4 is 12.0 Å². The second kappa shape index (κ2) is 2.51. The predicted molar refractivity (Wildman–Crippen MR) is 43.3 cm³/mol. The van der Waals surface area contributed by atoms with E-state index in [4.69, 9.17) is 0 Å². The summed E-state index contributed by atoms with van der Waals surface area (Å²) in [6.07, 6.45) is 4.35. The number of carbonyl (C=O) groups excluding carboxylic acids is 1. The molecule has 66 valence electrons. The van der Waals surface area contributed by atoms with E-state index < -0.39 is 16.9 Å². The van der Waals surface area contributed by atoms with Gasteiger partial charge in [0.2, 0.25) is 0 Å². The van der Waals surface area contributed by atoms with Gasteiger partial charge in [0.1, 0.15) is 5.82 Å². The zero-order chi connectivity index (χ0) is 9.42. The smallest absolute Gasteiger partial charge is 0.285 e. The molecule has 0 aromatic carbocycles. The fourth-order valence-corrected chi connectivity index (χ4v) is 1.26. The molecule has 13 heavy (non-hydrogen) atoms. The minimum absolute atomic E-state index is 0.328. The topological polar surface area (TPSA) is 75.8 Å². The summed E-state index contributed by atoms with van der Waals surface area (Å²) >= 11 is 0. The molecule has 2 heterocycles. The molecule has 0 N–H and O–H groups in total. The van der Waals surface area contributed by atoms with Crippen LogP contribution in [0.3, 0.4) is 0 Å². The fourth-order valence-electron chi connectivity index (χ4n) is 1.26. The molecule has 2 rings (SSSR count). The van der Waals surface area contributed by atoms with Gasteiger partial charge in [-0.3, -0.25) is 19.8 Å². The molecule has 2 aliphatic heterocycles. The van der Waals surface area contributed by atoms with Crippen LogP contribution in [0.15, 0.2) is 29.2 Å². The van der Waals surface area contributed by atoms with Crippen molar-refractivity contribution in [3.05, 3.63) is 34.3 Å². The molecule has 0 aromatic rings. The Morgan fingerprint density at radius 1 is 1.62 bits per heavy atom. The maximum Gasteiger partial charge on any atom is 0.354 e. The average molecular weight is 179 g/mol. The molecular weight excluding hydrogens is 174 g/mol. The Hall–Kier alpha value is -1.98. The lowest BCUT2D eigenvalue weighted by Crippen LogP contribution is -2.37. The second-order valence-electron chi connectivity index (χ2n) is 2.59. The third-order valence-corrected chi connectivity index (χ3v) is 1.79. The summed E-state index contributed by atoms with van der Waals surface area (Å²) in [5.41, 5.74) is 0. The van der Waals surface area contributed by atoms with Gasteiger partial charge in [-0.1, -0.05) is 0 Å².